The molecule has 0 spiro atoms. The molecular weight excluding hydrogens is 358 g/mol. The maximum absolute atomic E-state index is 12.8. The molecule has 1 amide bonds. The van der Waals surface area contributed by atoms with E-state index in [-0.39, 0.29) is 12.4 Å². The van der Waals surface area contributed by atoms with Crippen molar-refractivity contribution < 1.29 is 14.3 Å². The Bertz CT molecular complexity index is 874. The maximum atomic E-state index is 12.8. The van der Waals surface area contributed by atoms with E-state index in [1.165, 1.54) is 24.0 Å². The van der Waals surface area contributed by atoms with Crippen LogP contribution in [0.3, 0.4) is 0 Å². The number of nitriles is 1. The smallest absolute Gasteiger partial charge is 0.322 e. The first-order valence-corrected chi connectivity index (χ1v) is 8.19. The van der Waals surface area contributed by atoms with Crippen LogP contribution in [0.4, 0.5) is 11.4 Å². The quantitative estimate of drug-likeness (QED) is 0.586. The van der Waals surface area contributed by atoms with Crippen LogP contribution in [0.5, 0.6) is 0 Å². The average molecular weight is 376 g/mol. The molecule has 136 valence electrons. The molecule has 26 heavy (non-hydrogen) atoms. The molecule has 0 radical (unpaired) electrons. The van der Waals surface area contributed by atoms with Crippen molar-refractivity contribution in [1.82, 2.24) is 9.78 Å². The number of halogens is 1. The summed E-state index contributed by atoms with van der Waals surface area (Å²) in [7, 11) is 0. The number of nitrogens with one attached hydrogen (secondary N) is 1. The van der Waals surface area contributed by atoms with Crippen LogP contribution in [-0.4, -0.2) is 33.1 Å². The molecule has 1 aromatic carbocycles. The summed E-state index contributed by atoms with van der Waals surface area (Å²) in [4.78, 5) is 24.5. The Hall–Kier alpha value is -3.05. The van der Waals surface area contributed by atoms with Gasteiger partial charge in [-0.25, -0.2) is 0 Å². The monoisotopic (exact) mass is 375 g/mol. The molecule has 0 saturated carbocycles. The van der Waals surface area contributed by atoms with Crippen LogP contribution in [0.1, 0.15) is 18.1 Å². The molecule has 1 unspecified atom stereocenters. The first kappa shape index (κ1) is 19.3. The summed E-state index contributed by atoms with van der Waals surface area (Å²) in [5.74, 6) is -1.69. The number of aromatic nitrogens is 2. The zero-order chi connectivity index (χ0) is 19.3. The highest BCUT2D eigenvalue weighted by molar-refractivity contribution is 6.26. The number of carbonyl (C=O) groups is 2. The molecule has 9 heteroatoms. The molecule has 8 nitrogen and oxygen atoms in total. The second-order valence-corrected chi connectivity index (χ2v) is 6.17. The summed E-state index contributed by atoms with van der Waals surface area (Å²) in [6.45, 7) is 3.17. The molecule has 1 atom stereocenters. The lowest BCUT2D eigenvalue weighted by molar-refractivity contribution is -0.163. The minimum Gasteiger partial charge on any atom is -0.446 e. The number of alkyl halides is 1. The minimum absolute atomic E-state index is 0.0477. The molecule has 0 aliphatic heterocycles. The third kappa shape index (κ3) is 4.52. The van der Waals surface area contributed by atoms with E-state index < -0.39 is 17.5 Å². The van der Waals surface area contributed by atoms with Crippen molar-refractivity contribution in [2.75, 3.05) is 16.9 Å². The van der Waals surface area contributed by atoms with Gasteiger partial charge in [0.1, 0.15) is 5.88 Å². The Labute approximate surface area is 155 Å². The summed E-state index contributed by atoms with van der Waals surface area (Å²) in [6.07, 6.45) is 2.94. The number of anilines is 2. The molecule has 3 N–H and O–H groups in total. The fraction of sp³-hybridized carbons (Fsp3) is 0.294. The van der Waals surface area contributed by atoms with Crippen molar-refractivity contribution in [3.05, 3.63) is 41.7 Å². The molecule has 0 saturated heterocycles. The maximum Gasteiger partial charge on any atom is 0.322 e. The summed E-state index contributed by atoms with van der Waals surface area (Å²) in [5.41, 5.74) is 6.17. The Balaban J connectivity index is 2.25. The Kier molecular flexibility index (Phi) is 5.85. The number of benzene rings is 1. The fourth-order valence-electron chi connectivity index (χ4n) is 2.33. The van der Waals surface area contributed by atoms with Gasteiger partial charge in [0.2, 0.25) is 5.60 Å². The fourth-order valence-corrected chi connectivity index (χ4v) is 2.39. The van der Waals surface area contributed by atoms with Gasteiger partial charge in [0.15, 0.2) is 0 Å². The Morgan fingerprint density at radius 1 is 1.50 bits per heavy atom. The van der Waals surface area contributed by atoms with Gasteiger partial charge in [-0.3, -0.25) is 14.3 Å². The number of nitrogens with two attached hydrogens (primary N) is 1. The highest BCUT2D eigenvalue weighted by atomic mass is 35.5. The van der Waals surface area contributed by atoms with Crippen molar-refractivity contribution in [2.24, 2.45) is 0 Å². The number of nitrogens with zero attached hydrogens (tertiary/aromatic N) is 3. The van der Waals surface area contributed by atoms with Crippen molar-refractivity contribution in [3.63, 3.8) is 0 Å². The predicted molar refractivity (Wildman–Crippen MR) is 96.4 cm³/mol. The van der Waals surface area contributed by atoms with Crippen molar-refractivity contribution in [1.29, 1.82) is 5.26 Å². The van der Waals surface area contributed by atoms with Crippen molar-refractivity contribution >= 4 is 34.9 Å². The van der Waals surface area contributed by atoms with E-state index in [2.05, 4.69) is 16.5 Å². The van der Waals surface area contributed by atoms with Gasteiger partial charge in [-0.05, 0) is 37.6 Å². The van der Waals surface area contributed by atoms with E-state index in [0.29, 0.717) is 22.5 Å². The van der Waals surface area contributed by atoms with E-state index in [9.17, 15) is 9.59 Å². The number of aryl methyl sites for hydroxylation is 1. The molecule has 0 aliphatic rings. The topological polar surface area (TPSA) is 123 Å². The van der Waals surface area contributed by atoms with Gasteiger partial charge in [0, 0.05) is 11.9 Å². The van der Waals surface area contributed by atoms with Crippen LogP contribution in [0, 0.1) is 18.3 Å². The summed E-state index contributed by atoms with van der Waals surface area (Å²) in [5, 5.41) is 15.7. The number of ether oxygens (including phenoxy) is 1. The molecule has 0 fully saturated rings. The normalized spacial score (nSPS) is 12.7. The van der Waals surface area contributed by atoms with Gasteiger partial charge < -0.3 is 15.8 Å². The molecule has 1 aromatic heterocycles. The highest BCUT2D eigenvalue weighted by Gasteiger charge is 2.38. The van der Waals surface area contributed by atoms with Crippen LogP contribution >= 0.6 is 11.6 Å². The Morgan fingerprint density at radius 2 is 2.23 bits per heavy atom. The third-order valence-corrected chi connectivity index (χ3v) is 3.87. The van der Waals surface area contributed by atoms with Crippen LogP contribution in [0.25, 0.3) is 0 Å². The number of esters is 1. The first-order chi connectivity index (χ1) is 12.3. The second-order valence-electron chi connectivity index (χ2n) is 5.91. The predicted octanol–water partition coefficient (Wildman–Crippen LogP) is 1.82. The summed E-state index contributed by atoms with van der Waals surface area (Å²) < 4.78 is 6.68. The van der Waals surface area contributed by atoms with E-state index in [0.717, 1.165) is 0 Å². The number of hydrogen-bond donors (Lipinski definition) is 2. The van der Waals surface area contributed by atoms with Crippen LogP contribution in [0.2, 0.25) is 0 Å². The van der Waals surface area contributed by atoms with Gasteiger partial charge in [-0.2, -0.15) is 10.4 Å². The molecule has 0 bridgehead atoms. The number of carbonyl (C=O) groups excluding carboxylic acids is 2. The lowest BCUT2D eigenvalue weighted by Gasteiger charge is -2.28. The third-order valence-electron chi connectivity index (χ3n) is 3.65. The van der Waals surface area contributed by atoms with Gasteiger partial charge >= 0.3 is 5.97 Å². The van der Waals surface area contributed by atoms with Crippen molar-refractivity contribution in [3.8, 4) is 6.07 Å². The lowest BCUT2D eigenvalue weighted by atomic mass is 10.0. The molecule has 0 aliphatic carbocycles. The van der Waals surface area contributed by atoms with Crippen molar-refractivity contribution in [2.45, 2.75) is 26.0 Å². The zero-order valence-electron chi connectivity index (χ0n) is 14.3. The standard InChI is InChI=1S/C17H18ClN5O3/c1-11-5-14(4-3-12(11)7-19)22-16(25)17(2,26-15(24)6-18)10-23-9-13(20)8-21-23/h3-5,8-9H,6,10,20H2,1-2H3,(H,22,25). The molecule has 2 rings (SSSR count). The summed E-state index contributed by atoms with van der Waals surface area (Å²) >= 11 is 5.50. The van der Waals surface area contributed by atoms with E-state index in [4.69, 9.17) is 27.3 Å². The van der Waals surface area contributed by atoms with Crippen LogP contribution in [-0.2, 0) is 20.9 Å². The van der Waals surface area contributed by atoms with E-state index >= 15 is 0 Å². The molecule has 2 aromatic rings. The van der Waals surface area contributed by atoms with Crippen LogP contribution in [0.15, 0.2) is 30.6 Å². The average Bonchev–Trinajstić information content (AvgIpc) is 2.99. The van der Waals surface area contributed by atoms with Gasteiger partial charge in [-0.15, -0.1) is 11.6 Å². The number of nitrogen functional groups attached to an aromatic ring is 1. The lowest BCUT2D eigenvalue weighted by Crippen LogP contribution is -2.48. The Morgan fingerprint density at radius 3 is 2.77 bits per heavy atom. The van der Waals surface area contributed by atoms with E-state index in [1.54, 1.807) is 25.1 Å². The van der Waals surface area contributed by atoms with E-state index in [1.807, 2.05) is 0 Å². The van der Waals surface area contributed by atoms with Gasteiger partial charge in [0.25, 0.3) is 5.91 Å². The largest absolute Gasteiger partial charge is 0.446 e. The molecular formula is C17H18ClN5O3. The highest BCUT2D eigenvalue weighted by Crippen LogP contribution is 2.20. The van der Waals surface area contributed by atoms with Gasteiger partial charge in [0.05, 0.1) is 30.1 Å². The van der Waals surface area contributed by atoms with Crippen LogP contribution < -0.4 is 11.1 Å². The zero-order valence-corrected chi connectivity index (χ0v) is 15.1. The first-order valence-electron chi connectivity index (χ1n) is 7.65. The number of hydrogen-bond acceptors (Lipinski definition) is 6. The minimum atomic E-state index is -1.56. The number of rotatable bonds is 6. The van der Waals surface area contributed by atoms with Gasteiger partial charge in [-0.1, -0.05) is 0 Å². The SMILES string of the molecule is Cc1cc(NC(=O)C(C)(Cn2cc(N)cn2)OC(=O)CCl)ccc1C#N. The number of amides is 1. The molecule has 1 heterocycles. The summed E-state index contributed by atoms with van der Waals surface area (Å²) in [6, 6.07) is 6.91. The second kappa shape index (κ2) is 7.89.